The zero-order valence-corrected chi connectivity index (χ0v) is 12.1. The van der Waals surface area contributed by atoms with Gasteiger partial charge in [-0.15, -0.1) is 0 Å². The van der Waals surface area contributed by atoms with Gasteiger partial charge in [0.1, 0.15) is 0 Å². The monoisotopic (exact) mass is 293 g/mol. The lowest BCUT2D eigenvalue weighted by molar-refractivity contribution is -0.130. The molecule has 2 amide bonds. The van der Waals surface area contributed by atoms with Crippen LogP contribution >= 0.6 is 11.6 Å². The molecule has 2 aliphatic heterocycles. The van der Waals surface area contributed by atoms with Gasteiger partial charge in [-0.05, 0) is 19.4 Å². The number of hydrogen-bond acceptors (Lipinski definition) is 3. The molecular formula is C14H16ClN3O2. The number of carbonyl (C=O) groups excluding carboxylic acids is 2. The fourth-order valence-electron chi connectivity index (χ4n) is 2.90. The summed E-state index contributed by atoms with van der Waals surface area (Å²) < 4.78 is 0. The summed E-state index contributed by atoms with van der Waals surface area (Å²) in [6.45, 7) is 3.61. The number of nitrogens with zero attached hydrogens (tertiary/aromatic N) is 3. The first kappa shape index (κ1) is 13.4. The van der Waals surface area contributed by atoms with E-state index >= 15 is 0 Å². The number of amides is 2. The molecule has 0 radical (unpaired) electrons. The van der Waals surface area contributed by atoms with Crippen LogP contribution in [0.25, 0.3) is 0 Å². The highest BCUT2D eigenvalue weighted by Gasteiger charge is 2.37. The van der Waals surface area contributed by atoms with Gasteiger partial charge in [0.25, 0.3) is 5.91 Å². The van der Waals surface area contributed by atoms with E-state index in [2.05, 4.69) is 4.98 Å². The zero-order valence-electron chi connectivity index (χ0n) is 11.3. The number of carbonyl (C=O) groups is 2. The van der Waals surface area contributed by atoms with E-state index in [1.54, 1.807) is 11.0 Å². The van der Waals surface area contributed by atoms with Gasteiger partial charge in [-0.3, -0.25) is 14.6 Å². The molecular weight excluding hydrogens is 278 g/mol. The normalized spacial score (nSPS) is 22.1. The molecule has 3 heterocycles. The van der Waals surface area contributed by atoms with Crippen LogP contribution < -0.4 is 0 Å². The molecule has 1 aromatic rings. The molecule has 0 aliphatic carbocycles. The smallest absolute Gasteiger partial charge is 0.257 e. The van der Waals surface area contributed by atoms with Crippen molar-refractivity contribution in [2.45, 2.75) is 25.8 Å². The Hall–Kier alpha value is -1.62. The second-order valence-corrected chi connectivity index (χ2v) is 5.74. The third-order valence-corrected chi connectivity index (χ3v) is 4.32. The van der Waals surface area contributed by atoms with Crippen molar-refractivity contribution in [3.05, 3.63) is 28.5 Å². The summed E-state index contributed by atoms with van der Waals surface area (Å²) in [5, 5.41) is 0.437. The van der Waals surface area contributed by atoms with Crippen LogP contribution in [-0.4, -0.2) is 52.3 Å². The molecule has 1 unspecified atom stereocenters. The van der Waals surface area contributed by atoms with Crippen molar-refractivity contribution in [3.63, 3.8) is 0 Å². The second-order valence-electron chi connectivity index (χ2n) is 5.34. The molecule has 0 spiro atoms. The summed E-state index contributed by atoms with van der Waals surface area (Å²) in [4.78, 5) is 31.9. The van der Waals surface area contributed by atoms with Gasteiger partial charge in [0.2, 0.25) is 5.91 Å². The maximum Gasteiger partial charge on any atom is 0.257 e. The van der Waals surface area contributed by atoms with Crippen LogP contribution in [0.4, 0.5) is 0 Å². The number of halogens is 1. The molecule has 1 aromatic heterocycles. The van der Waals surface area contributed by atoms with Crippen molar-refractivity contribution in [2.24, 2.45) is 0 Å². The van der Waals surface area contributed by atoms with Crippen molar-refractivity contribution >= 4 is 23.4 Å². The number of rotatable bonds is 1. The van der Waals surface area contributed by atoms with Crippen LogP contribution in [0.5, 0.6) is 0 Å². The molecule has 2 saturated heterocycles. The first-order chi connectivity index (χ1) is 9.56. The van der Waals surface area contributed by atoms with E-state index in [1.807, 2.05) is 11.8 Å². The van der Waals surface area contributed by atoms with Gasteiger partial charge in [0, 0.05) is 44.0 Å². The Morgan fingerprint density at radius 1 is 1.45 bits per heavy atom. The van der Waals surface area contributed by atoms with Crippen molar-refractivity contribution in [2.75, 3.05) is 19.6 Å². The van der Waals surface area contributed by atoms with Crippen LogP contribution in [0.2, 0.25) is 5.02 Å². The Kier molecular flexibility index (Phi) is 3.38. The van der Waals surface area contributed by atoms with Gasteiger partial charge in [0.05, 0.1) is 10.6 Å². The number of aryl methyl sites for hydroxylation is 1. The third kappa shape index (κ3) is 2.26. The fraction of sp³-hybridized carbons (Fsp3) is 0.500. The summed E-state index contributed by atoms with van der Waals surface area (Å²) in [5.41, 5.74) is 1.23. The lowest BCUT2D eigenvalue weighted by Gasteiger charge is -2.37. The average Bonchev–Trinajstić information content (AvgIpc) is 2.79. The minimum atomic E-state index is -0.0958. The summed E-state index contributed by atoms with van der Waals surface area (Å²) in [7, 11) is 0. The highest BCUT2D eigenvalue weighted by Crippen LogP contribution is 2.25. The second kappa shape index (κ2) is 5.05. The Morgan fingerprint density at radius 3 is 3.00 bits per heavy atom. The summed E-state index contributed by atoms with van der Waals surface area (Å²) in [5.74, 6) is 0.110. The molecule has 0 aromatic carbocycles. The van der Waals surface area contributed by atoms with Gasteiger partial charge < -0.3 is 9.80 Å². The predicted octanol–water partition coefficient (Wildman–Crippen LogP) is 1.49. The fourth-order valence-corrected chi connectivity index (χ4v) is 3.19. The molecule has 5 nitrogen and oxygen atoms in total. The Labute approximate surface area is 122 Å². The first-order valence-corrected chi connectivity index (χ1v) is 7.15. The van der Waals surface area contributed by atoms with E-state index in [0.717, 1.165) is 12.1 Å². The van der Waals surface area contributed by atoms with Gasteiger partial charge in [-0.2, -0.15) is 0 Å². The maximum atomic E-state index is 12.5. The molecule has 0 bridgehead atoms. The standard InChI is InChI=1S/C14H16ClN3O2/c1-9-6-12(15)11(7-16-9)14(20)17-4-5-18-10(8-17)2-3-13(18)19/h6-7,10H,2-5,8H2,1H3. The third-order valence-electron chi connectivity index (χ3n) is 4.00. The quantitative estimate of drug-likeness (QED) is 0.788. The Balaban J connectivity index is 1.77. The van der Waals surface area contributed by atoms with E-state index in [9.17, 15) is 9.59 Å². The van der Waals surface area contributed by atoms with Crippen molar-refractivity contribution in [1.82, 2.24) is 14.8 Å². The predicted molar refractivity (Wildman–Crippen MR) is 74.6 cm³/mol. The number of hydrogen-bond donors (Lipinski definition) is 0. The lowest BCUT2D eigenvalue weighted by Crippen LogP contribution is -2.53. The molecule has 20 heavy (non-hydrogen) atoms. The summed E-state index contributed by atoms with van der Waals surface area (Å²) >= 11 is 6.13. The van der Waals surface area contributed by atoms with Gasteiger partial charge in [0.15, 0.2) is 0 Å². The zero-order chi connectivity index (χ0) is 14.3. The number of pyridine rings is 1. The van der Waals surface area contributed by atoms with Crippen LogP contribution in [-0.2, 0) is 4.79 Å². The highest BCUT2D eigenvalue weighted by atomic mass is 35.5. The SMILES string of the molecule is Cc1cc(Cl)c(C(=O)N2CCN3C(=O)CCC3C2)cn1. The minimum absolute atomic E-state index is 0.0958. The van der Waals surface area contributed by atoms with Gasteiger partial charge in [-0.1, -0.05) is 11.6 Å². The molecule has 2 fully saturated rings. The number of fused-ring (bicyclic) bond motifs is 1. The van der Waals surface area contributed by atoms with Crippen LogP contribution in [0.15, 0.2) is 12.3 Å². The van der Waals surface area contributed by atoms with E-state index < -0.39 is 0 Å². The van der Waals surface area contributed by atoms with Gasteiger partial charge >= 0.3 is 0 Å². The summed E-state index contributed by atoms with van der Waals surface area (Å²) in [6, 6.07) is 1.86. The van der Waals surface area contributed by atoms with E-state index in [1.165, 1.54) is 6.20 Å². The van der Waals surface area contributed by atoms with E-state index in [4.69, 9.17) is 11.6 Å². The van der Waals surface area contributed by atoms with Crippen LogP contribution in [0, 0.1) is 6.92 Å². The number of aromatic nitrogens is 1. The first-order valence-electron chi connectivity index (χ1n) is 6.77. The van der Waals surface area contributed by atoms with Crippen molar-refractivity contribution in [1.29, 1.82) is 0 Å². The molecule has 0 saturated carbocycles. The maximum absolute atomic E-state index is 12.5. The highest BCUT2D eigenvalue weighted by molar-refractivity contribution is 6.33. The molecule has 1 atom stereocenters. The minimum Gasteiger partial charge on any atom is -0.336 e. The Bertz CT molecular complexity index is 576. The molecule has 6 heteroatoms. The van der Waals surface area contributed by atoms with E-state index in [-0.39, 0.29) is 17.9 Å². The van der Waals surface area contributed by atoms with Crippen LogP contribution in [0.3, 0.4) is 0 Å². The van der Waals surface area contributed by atoms with Gasteiger partial charge in [-0.25, -0.2) is 0 Å². The van der Waals surface area contributed by atoms with Crippen molar-refractivity contribution in [3.8, 4) is 0 Å². The molecule has 106 valence electrons. The molecule has 2 aliphatic rings. The summed E-state index contributed by atoms with van der Waals surface area (Å²) in [6.07, 6.45) is 2.97. The van der Waals surface area contributed by atoms with E-state index in [0.29, 0.717) is 36.6 Å². The van der Waals surface area contributed by atoms with Crippen molar-refractivity contribution < 1.29 is 9.59 Å². The largest absolute Gasteiger partial charge is 0.336 e. The Morgan fingerprint density at radius 2 is 2.25 bits per heavy atom. The van der Waals surface area contributed by atoms with Crippen LogP contribution in [0.1, 0.15) is 28.9 Å². The molecule has 3 rings (SSSR count). The number of piperazine rings is 1. The average molecular weight is 294 g/mol. The lowest BCUT2D eigenvalue weighted by atomic mass is 10.1. The topological polar surface area (TPSA) is 53.5 Å². The molecule has 0 N–H and O–H groups in total.